The van der Waals surface area contributed by atoms with Gasteiger partial charge in [-0.1, -0.05) is 47.0 Å². The number of aryl methyl sites for hydroxylation is 1. The first-order chi connectivity index (χ1) is 15.8. The Morgan fingerprint density at radius 3 is 2.45 bits per heavy atom. The molecule has 7 nitrogen and oxygen atoms in total. The van der Waals surface area contributed by atoms with Crippen molar-refractivity contribution in [2.75, 3.05) is 11.3 Å². The Hall–Kier alpha value is -3.07. The highest BCUT2D eigenvalue weighted by atomic mass is 35.5. The molecule has 1 heterocycles. The van der Waals surface area contributed by atoms with E-state index in [1.165, 1.54) is 0 Å². The van der Waals surface area contributed by atoms with Crippen LogP contribution in [-0.4, -0.2) is 29.8 Å². The van der Waals surface area contributed by atoms with Crippen molar-refractivity contribution < 1.29 is 13.2 Å². The van der Waals surface area contributed by atoms with Crippen molar-refractivity contribution in [2.24, 2.45) is 0 Å². The Morgan fingerprint density at radius 2 is 1.76 bits per heavy atom. The zero-order valence-electron chi connectivity index (χ0n) is 17.8. The summed E-state index contributed by atoms with van der Waals surface area (Å²) in [6.07, 6.45) is 0. The molecule has 33 heavy (non-hydrogen) atoms. The van der Waals surface area contributed by atoms with Gasteiger partial charge in [-0.2, -0.15) is 4.98 Å². The zero-order valence-corrected chi connectivity index (χ0v) is 20.1. The highest BCUT2D eigenvalue weighted by Gasteiger charge is 2.18. The third kappa shape index (κ3) is 5.13. The first-order valence-electron chi connectivity index (χ1n) is 10.0. The van der Waals surface area contributed by atoms with Crippen molar-refractivity contribution in [3.8, 4) is 23.1 Å². The van der Waals surface area contributed by atoms with Gasteiger partial charge in [0, 0.05) is 5.56 Å². The number of hydrogen-bond acceptors (Lipinski definition) is 5. The molecule has 0 amide bonds. The van der Waals surface area contributed by atoms with Crippen molar-refractivity contribution in [1.29, 1.82) is 0 Å². The minimum atomic E-state index is -3.76. The van der Waals surface area contributed by atoms with Crippen LogP contribution in [0, 0.1) is 6.92 Å². The summed E-state index contributed by atoms with van der Waals surface area (Å²) in [5.41, 5.74) is 2.61. The number of hydrogen-bond donors (Lipinski definition) is 1. The van der Waals surface area contributed by atoms with E-state index in [9.17, 15) is 8.42 Å². The predicted octanol–water partition coefficient (Wildman–Crippen LogP) is 5.75. The number of nitrogens with zero attached hydrogens (tertiary/aromatic N) is 3. The third-order valence-corrected chi connectivity index (χ3v) is 6.85. The second-order valence-corrected chi connectivity index (χ2v) is 9.66. The maximum absolute atomic E-state index is 12.8. The zero-order chi connectivity index (χ0) is 23.6. The van der Waals surface area contributed by atoms with Gasteiger partial charge in [-0.3, -0.25) is 4.72 Å². The molecule has 0 spiro atoms. The van der Waals surface area contributed by atoms with Crippen LogP contribution < -0.4 is 9.46 Å². The lowest BCUT2D eigenvalue weighted by molar-refractivity contribution is 0.312. The van der Waals surface area contributed by atoms with E-state index in [1.54, 1.807) is 71.4 Å². The van der Waals surface area contributed by atoms with Gasteiger partial charge in [0.15, 0.2) is 5.82 Å². The lowest BCUT2D eigenvalue weighted by atomic mass is 10.2. The van der Waals surface area contributed by atoms with Gasteiger partial charge in [0.25, 0.3) is 10.0 Å². The summed E-state index contributed by atoms with van der Waals surface area (Å²) in [5.74, 6) is 0.468. The quantitative estimate of drug-likeness (QED) is 0.347. The third-order valence-electron chi connectivity index (χ3n) is 4.71. The summed E-state index contributed by atoms with van der Waals surface area (Å²) in [5, 5.41) is 5.23. The van der Waals surface area contributed by atoms with Gasteiger partial charge in [-0.05, 0) is 62.4 Å². The number of anilines is 1. The molecule has 0 bridgehead atoms. The van der Waals surface area contributed by atoms with Crippen LogP contribution in [-0.2, 0) is 10.0 Å². The van der Waals surface area contributed by atoms with E-state index in [2.05, 4.69) is 14.8 Å². The van der Waals surface area contributed by atoms with Gasteiger partial charge >= 0.3 is 6.01 Å². The molecule has 10 heteroatoms. The van der Waals surface area contributed by atoms with E-state index in [4.69, 9.17) is 27.9 Å². The molecule has 0 unspecified atom stereocenters. The smallest absolute Gasteiger partial charge is 0.336 e. The number of nitrogens with one attached hydrogen (secondary N) is 1. The molecule has 0 saturated carbocycles. The first-order valence-corrected chi connectivity index (χ1v) is 12.3. The molecule has 3 aromatic carbocycles. The van der Waals surface area contributed by atoms with E-state index in [0.29, 0.717) is 39.4 Å². The van der Waals surface area contributed by atoms with Crippen LogP contribution in [0.2, 0.25) is 10.0 Å². The monoisotopic (exact) mass is 502 g/mol. The molecule has 0 atom stereocenters. The molecule has 0 aliphatic carbocycles. The Morgan fingerprint density at radius 1 is 1.00 bits per heavy atom. The number of benzene rings is 3. The summed E-state index contributed by atoms with van der Waals surface area (Å²) in [4.78, 5) is 4.64. The fourth-order valence-corrected chi connectivity index (χ4v) is 4.47. The molecule has 1 N–H and O–H groups in total. The SMILES string of the molecule is CCOc1nc(-c2ccc(Cl)c(Cl)c2)n(-c2cccc(NS(=O)(=O)c3ccc(C)cc3)c2)n1. The average Bonchev–Trinajstić information content (AvgIpc) is 3.20. The Kier molecular flexibility index (Phi) is 6.60. The molecule has 0 radical (unpaired) electrons. The maximum Gasteiger partial charge on any atom is 0.336 e. The lowest BCUT2D eigenvalue weighted by Gasteiger charge is -2.11. The normalized spacial score (nSPS) is 11.4. The van der Waals surface area contributed by atoms with Gasteiger partial charge in [-0.15, -0.1) is 5.10 Å². The van der Waals surface area contributed by atoms with Crippen LogP contribution in [0.5, 0.6) is 6.01 Å². The van der Waals surface area contributed by atoms with Crippen molar-refractivity contribution >= 4 is 38.9 Å². The van der Waals surface area contributed by atoms with E-state index in [-0.39, 0.29) is 10.9 Å². The lowest BCUT2D eigenvalue weighted by Crippen LogP contribution is -2.13. The number of rotatable bonds is 7. The highest BCUT2D eigenvalue weighted by Crippen LogP contribution is 2.30. The van der Waals surface area contributed by atoms with Crippen molar-refractivity contribution in [2.45, 2.75) is 18.7 Å². The minimum absolute atomic E-state index is 0.175. The predicted molar refractivity (Wildman–Crippen MR) is 130 cm³/mol. The maximum atomic E-state index is 12.8. The summed E-state index contributed by atoms with van der Waals surface area (Å²) >= 11 is 12.3. The first kappa shape index (κ1) is 23.1. The van der Waals surface area contributed by atoms with Crippen LogP contribution in [0.15, 0.2) is 71.6 Å². The standard InChI is InChI=1S/C23H20Cl2N4O3S/c1-3-32-23-26-22(16-9-12-20(24)21(25)13-16)29(27-23)18-6-4-5-17(14-18)28-33(30,31)19-10-7-15(2)8-11-19/h4-14,28H,3H2,1-2H3. The second-order valence-electron chi connectivity index (χ2n) is 7.16. The molecule has 170 valence electrons. The fraction of sp³-hybridized carbons (Fsp3) is 0.130. The van der Waals surface area contributed by atoms with Gasteiger partial charge in [0.1, 0.15) is 0 Å². The van der Waals surface area contributed by atoms with Crippen LogP contribution in [0.4, 0.5) is 5.69 Å². The Bertz CT molecular complexity index is 1400. The fourth-order valence-electron chi connectivity index (χ4n) is 3.12. The molecular weight excluding hydrogens is 483 g/mol. The number of aromatic nitrogens is 3. The van der Waals surface area contributed by atoms with Gasteiger partial charge in [-0.25, -0.2) is 13.1 Å². The minimum Gasteiger partial charge on any atom is -0.463 e. The van der Waals surface area contributed by atoms with Gasteiger partial charge < -0.3 is 4.74 Å². The molecule has 0 saturated heterocycles. The van der Waals surface area contributed by atoms with Crippen LogP contribution in [0.3, 0.4) is 0 Å². The summed E-state index contributed by atoms with van der Waals surface area (Å²) in [7, 11) is -3.76. The molecule has 0 aliphatic rings. The van der Waals surface area contributed by atoms with E-state index in [1.807, 2.05) is 13.8 Å². The van der Waals surface area contributed by atoms with E-state index >= 15 is 0 Å². The molecule has 0 aliphatic heterocycles. The van der Waals surface area contributed by atoms with Crippen LogP contribution in [0.1, 0.15) is 12.5 Å². The summed E-state index contributed by atoms with van der Waals surface area (Å²) < 4.78 is 35.3. The number of ether oxygens (including phenoxy) is 1. The number of halogens is 2. The highest BCUT2D eigenvalue weighted by molar-refractivity contribution is 7.92. The summed E-state index contributed by atoms with van der Waals surface area (Å²) in [6, 6.07) is 18.8. The summed E-state index contributed by atoms with van der Waals surface area (Å²) in [6.45, 7) is 4.12. The molecular formula is C23H20Cl2N4O3S. The van der Waals surface area contributed by atoms with Crippen LogP contribution in [0.25, 0.3) is 17.1 Å². The largest absolute Gasteiger partial charge is 0.463 e. The topological polar surface area (TPSA) is 86.1 Å². The average molecular weight is 503 g/mol. The molecule has 1 aromatic heterocycles. The van der Waals surface area contributed by atoms with Crippen molar-refractivity contribution in [3.05, 3.63) is 82.3 Å². The molecule has 0 fully saturated rings. The molecule has 4 rings (SSSR count). The van der Waals surface area contributed by atoms with E-state index in [0.717, 1.165) is 5.56 Å². The van der Waals surface area contributed by atoms with Gasteiger partial charge in [0.05, 0.1) is 32.9 Å². The number of sulfonamides is 1. The molecule has 4 aromatic rings. The Labute approximate surface area is 202 Å². The van der Waals surface area contributed by atoms with Crippen LogP contribution >= 0.6 is 23.2 Å². The van der Waals surface area contributed by atoms with Crippen molar-refractivity contribution in [3.63, 3.8) is 0 Å². The Balaban J connectivity index is 1.73. The second kappa shape index (κ2) is 9.43. The van der Waals surface area contributed by atoms with Crippen molar-refractivity contribution in [1.82, 2.24) is 14.8 Å². The van der Waals surface area contributed by atoms with Gasteiger partial charge in [0.2, 0.25) is 0 Å². The van der Waals surface area contributed by atoms with E-state index < -0.39 is 10.0 Å².